The highest BCUT2D eigenvalue weighted by Gasteiger charge is 2.37. The van der Waals surface area contributed by atoms with Crippen molar-refractivity contribution in [3.8, 4) is 0 Å². The molecule has 0 saturated carbocycles. The standard InChI is InChI=1S/C19H40N.CHF3O3S/c1-3-5-7-8-9-10-11-12-13-17-20(16-6-4-2)18-14-15-19-20;2-1(3,4)8(5,6)7/h3-19H2,1-2H3;(H,5,6,7)/q+1;/p-1. The molecule has 1 heterocycles. The number of hydrogen-bond acceptors (Lipinski definition) is 3. The molecule has 170 valence electrons. The molecule has 0 atom stereocenters. The molecule has 0 N–H and O–H groups in total. The Kier molecular flexibility index (Phi) is 14.4. The van der Waals surface area contributed by atoms with Crippen LogP contribution in [0.25, 0.3) is 0 Å². The van der Waals surface area contributed by atoms with Gasteiger partial charge in [0, 0.05) is 12.8 Å². The monoisotopic (exact) mass is 431 g/mol. The van der Waals surface area contributed by atoms with Crippen molar-refractivity contribution in [3.05, 3.63) is 0 Å². The quantitative estimate of drug-likeness (QED) is 0.156. The van der Waals surface area contributed by atoms with Gasteiger partial charge in [0.05, 0.1) is 26.2 Å². The normalized spacial score (nSPS) is 16.6. The number of unbranched alkanes of at least 4 members (excludes halogenated alkanes) is 9. The van der Waals surface area contributed by atoms with Gasteiger partial charge in [-0.25, -0.2) is 8.42 Å². The maximum absolute atomic E-state index is 10.7. The third-order valence-electron chi connectivity index (χ3n) is 5.52. The number of likely N-dealkylation sites (tertiary alicyclic amines) is 1. The molecule has 0 bridgehead atoms. The predicted molar refractivity (Wildman–Crippen MR) is 107 cm³/mol. The summed E-state index contributed by atoms with van der Waals surface area (Å²) in [6.45, 7) is 10.6. The van der Waals surface area contributed by atoms with Gasteiger partial charge in [-0.15, -0.1) is 0 Å². The summed E-state index contributed by atoms with van der Waals surface area (Å²) in [6.07, 6.45) is 19.0. The Morgan fingerprint density at radius 2 is 1.11 bits per heavy atom. The van der Waals surface area contributed by atoms with Crippen LogP contribution >= 0.6 is 0 Å². The maximum atomic E-state index is 10.7. The predicted octanol–water partition coefficient (Wildman–Crippen LogP) is 5.98. The second-order valence-electron chi connectivity index (χ2n) is 8.03. The first-order valence-electron chi connectivity index (χ1n) is 11.0. The van der Waals surface area contributed by atoms with Gasteiger partial charge in [-0.05, 0) is 19.3 Å². The molecule has 0 aromatic rings. The van der Waals surface area contributed by atoms with E-state index in [0.29, 0.717) is 0 Å². The molecule has 0 amide bonds. The summed E-state index contributed by atoms with van der Waals surface area (Å²) in [6, 6.07) is 0. The first-order chi connectivity index (χ1) is 13.1. The number of alkyl halides is 3. The molecular weight excluding hydrogens is 391 g/mol. The van der Waals surface area contributed by atoms with Crippen molar-refractivity contribution in [2.75, 3.05) is 26.2 Å². The molecule has 4 nitrogen and oxygen atoms in total. The lowest BCUT2D eigenvalue weighted by Gasteiger charge is -2.34. The average Bonchev–Trinajstić information content (AvgIpc) is 3.06. The Morgan fingerprint density at radius 3 is 1.50 bits per heavy atom. The summed E-state index contributed by atoms with van der Waals surface area (Å²) in [5, 5.41) is 0. The van der Waals surface area contributed by atoms with Crippen molar-refractivity contribution < 1.29 is 30.6 Å². The van der Waals surface area contributed by atoms with Gasteiger partial charge >= 0.3 is 5.51 Å². The Balaban J connectivity index is 0.000000769. The molecular formula is C20H40F3NO3S. The van der Waals surface area contributed by atoms with Gasteiger partial charge in [0.25, 0.3) is 0 Å². The lowest BCUT2D eigenvalue weighted by Crippen LogP contribution is -2.46. The minimum Gasteiger partial charge on any atom is -0.741 e. The van der Waals surface area contributed by atoms with E-state index < -0.39 is 15.6 Å². The molecule has 0 unspecified atom stereocenters. The van der Waals surface area contributed by atoms with Crippen LogP contribution in [0.1, 0.15) is 97.3 Å². The largest absolute Gasteiger partial charge is 0.741 e. The van der Waals surface area contributed by atoms with Gasteiger partial charge in [-0.3, -0.25) is 0 Å². The maximum Gasteiger partial charge on any atom is 0.485 e. The Bertz CT molecular complexity index is 476. The van der Waals surface area contributed by atoms with Crippen molar-refractivity contribution in [1.82, 2.24) is 0 Å². The van der Waals surface area contributed by atoms with E-state index in [1.54, 1.807) is 0 Å². The van der Waals surface area contributed by atoms with E-state index in [1.165, 1.54) is 114 Å². The van der Waals surface area contributed by atoms with Crippen molar-refractivity contribution in [2.24, 2.45) is 0 Å². The van der Waals surface area contributed by atoms with E-state index >= 15 is 0 Å². The summed E-state index contributed by atoms with van der Waals surface area (Å²) >= 11 is 0. The Hall–Kier alpha value is -0.340. The van der Waals surface area contributed by atoms with Crippen LogP contribution in [0.3, 0.4) is 0 Å². The Labute approximate surface area is 170 Å². The third-order valence-corrected chi connectivity index (χ3v) is 6.09. The fourth-order valence-electron chi connectivity index (χ4n) is 3.82. The van der Waals surface area contributed by atoms with Crippen molar-refractivity contribution in [2.45, 2.75) is 103 Å². The minimum atomic E-state index is -6.09. The van der Waals surface area contributed by atoms with Crippen LogP contribution in [-0.2, 0) is 10.1 Å². The average molecular weight is 432 g/mol. The molecule has 1 saturated heterocycles. The fraction of sp³-hybridized carbons (Fsp3) is 1.00. The summed E-state index contributed by atoms with van der Waals surface area (Å²) < 4.78 is 60.4. The molecule has 0 aromatic heterocycles. The highest BCUT2D eigenvalue weighted by Crippen LogP contribution is 2.22. The van der Waals surface area contributed by atoms with Gasteiger partial charge < -0.3 is 9.04 Å². The Morgan fingerprint density at radius 1 is 0.750 bits per heavy atom. The summed E-state index contributed by atoms with van der Waals surface area (Å²) in [4.78, 5) is 0. The SMILES string of the molecule is CCCCCCCCCCC[N+]1(CCCC)CCCC1.O=S(=O)([O-])C(F)(F)F. The highest BCUT2D eigenvalue weighted by atomic mass is 32.2. The topological polar surface area (TPSA) is 57.2 Å². The zero-order valence-electron chi connectivity index (χ0n) is 17.7. The van der Waals surface area contributed by atoms with Crippen LogP contribution in [0.5, 0.6) is 0 Å². The minimum absolute atomic E-state index is 1.37. The molecule has 28 heavy (non-hydrogen) atoms. The van der Waals surface area contributed by atoms with Gasteiger partial charge in [-0.1, -0.05) is 65.2 Å². The molecule has 1 aliphatic heterocycles. The van der Waals surface area contributed by atoms with E-state index in [4.69, 9.17) is 13.0 Å². The first kappa shape index (κ1) is 27.7. The first-order valence-corrected chi connectivity index (χ1v) is 12.4. The molecule has 1 rings (SSSR count). The molecule has 1 aliphatic rings. The lowest BCUT2D eigenvalue weighted by molar-refractivity contribution is -0.917. The van der Waals surface area contributed by atoms with Crippen LogP contribution in [0.4, 0.5) is 13.2 Å². The van der Waals surface area contributed by atoms with E-state index in [1.807, 2.05) is 0 Å². The smallest absolute Gasteiger partial charge is 0.485 e. The number of nitrogens with zero attached hydrogens (tertiary/aromatic N) is 1. The third kappa shape index (κ3) is 13.0. The summed E-state index contributed by atoms with van der Waals surface area (Å²) in [5.74, 6) is 0. The van der Waals surface area contributed by atoms with Gasteiger partial charge in [0.2, 0.25) is 0 Å². The van der Waals surface area contributed by atoms with Gasteiger partial charge in [0.15, 0.2) is 10.1 Å². The lowest BCUT2D eigenvalue weighted by atomic mass is 10.1. The molecule has 1 fully saturated rings. The zero-order valence-corrected chi connectivity index (χ0v) is 18.6. The molecule has 0 aromatic carbocycles. The van der Waals surface area contributed by atoms with Crippen LogP contribution < -0.4 is 0 Å². The van der Waals surface area contributed by atoms with Crippen molar-refractivity contribution >= 4 is 10.1 Å². The van der Waals surface area contributed by atoms with Crippen molar-refractivity contribution in [1.29, 1.82) is 0 Å². The van der Waals surface area contributed by atoms with Gasteiger partial charge in [-0.2, -0.15) is 13.2 Å². The highest BCUT2D eigenvalue weighted by molar-refractivity contribution is 7.86. The zero-order chi connectivity index (χ0) is 21.5. The van der Waals surface area contributed by atoms with Crippen LogP contribution in [0.2, 0.25) is 0 Å². The second-order valence-corrected chi connectivity index (χ2v) is 9.40. The second kappa shape index (κ2) is 14.6. The van der Waals surface area contributed by atoms with Crippen molar-refractivity contribution in [3.63, 3.8) is 0 Å². The molecule has 0 aliphatic carbocycles. The van der Waals surface area contributed by atoms with E-state index in [9.17, 15) is 13.2 Å². The number of rotatable bonds is 13. The van der Waals surface area contributed by atoms with Gasteiger partial charge in [0.1, 0.15) is 0 Å². The number of hydrogen-bond donors (Lipinski definition) is 0. The summed E-state index contributed by atoms with van der Waals surface area (Å²) in [5.41, 5.74) is -5.65. The fourth-order valence-corrected chi connectivity index (χ4v) is 3.82. The van der Waals surface area contributed by atoms with E-state index in [2.05, 4.69) is 13.8 Å². The van der Waals surface area contributed by atoms with Crippen LogP contribution in [0, 0.1) is 0 Å². The number of quaternary nitrogens is 1. The molecule has 0 radical (unpaired) electrons. The van der Waals surface area contributed by atoms with E-state index in [0.717, 1.165) is 0 Å². The molecule has 0 spiro atoms. The van der Waals surface area contributed by atoms with Crippen LogP contribution in [0.15, 0.2) is 0 Å². The van der Waals surface area contributed by atoms with E-state index in [-0.39, 0.29) is 0 Å². The molecule has 8 heteroatoms. The van der Waals surface area contributed by atoms with Crippen LogP contribution in [-0.4, -0.2) is 49.1 Å². The number of halogens is 3. The summed E-state index contributed by atoms with van der Waals surface area (Å²) in [7, 11) is -6.09.